The number of rotatable bonds is 8. The van der Waals surface area contributed by atoms with Gasteiger partial charge in [0.1, 0.15) is 18.2 Å². The summed E-state index contributed by atoms with van der Waals surface area (Å²) in [5, 5.41) is 8.17. The Labute approximate surface area is 419 Å². The Hall–Kier alpha value is -4.57. The number of nitrogens with zero attached hydrogens (tertiary/aromatic N) is 7. The van der Waals surface area contributed by atoms with Gasteiger partial charge in [-0.2, -0.15) is 0 Å². The second-order valence-electron chi connectivity index (χ2n) is 19.8. The van der Waals surface area contributed by atoms with Crippen molar-refractivity contribution in [2.75, 3.05) is 53.2 Å². The fraction of sp³-hybridized carbons (Fsp3) is 0.531. The molecule has 1 aliphatic carbocycles. The normalized spacial score (nSPS) is 26.8. The maximum atomic E-state index is 15.1. The highest BCUT2D eigenvalue weighted by Gasteiger charge is 2.60. The number of halogens is 1. The molecule has 362 valence electrons. The molecule has 19 heteroatoms. The SMILES string of the molecule is C=CC(=O)N(C)[C@H]1CN(C(=O)N(C)[C@H](C(=O)N[C@]2(I)Cc3nc(cs3)-c3ccc4c(c3)c3c(n4CC)-c4cccnc4[C@@H](OC)C3C(C)(C)COC(=O)[C@@H]3CCCN(N3)C2=O)C(C)C)C[C@]12CS2. The van der Waals surface area contributed by atoms with Crippen LogP contribution in [0.2, 0.25) is 0 Å². The van der Waals surface area contributed by atoms with Crippen molar-refractivity contribution < 1.29 is 33.4 Å². The van der Waals surface area contributed by atoms with Crippen LogP contribution in [-0.4, -0.2) is 144 Å². The number of alkyl halides is 1. The van der Waals surface area contributed by atoms with Gasteiger partial charge in [-0.1, -0.05) is 40.3 Å². The lowest BCUT2D eigenvalue weighted by Crippen LogP contribution is -2.66. The number of thioether (sulfide) groups is 1. The maximum Gasteiger partial charge on any atom is 0.324 e. The number of aromatic nitrogens is 3. The Balaban J connectivity index is 1.08. The monoisotopic (exact) mass is 1080 g/mol. The Morgan fingerprint density at radius 1 is 1.19 bits per heavy atom. The lowest BCUT2D eigenvalue weighted by molar-refractivity contribution is -0.157. The van der Waals surface area contributed by atoms with Crippen molar-refractivity contribution in [1.29, 1.82) is 0 Å². The van der Waals surface area contributed by atoms with Crippen LogP contribution in [0.4, 0.5) is 4.79 Å². The smallest absolute Gasteiger partial charge is 0.324 e. The van der Waals surface area contributed by atoms with E-state index < -0.39 is 44.9 Å². The third kappa shape index (κ3) is 8.30. The van der Waals surface area contributed by atoms with Crippen LogP contribution in [-0.2, 0) is 41.6 Å². The van der Waals surface area contributed by atoms with Gasteiger partial charge in [0.05, 0.1) is 39.5 Å². The summed E-state index contributed by atoms with van der Waals surface area (Å²) >= 11 is 5.15. The maximum absolute atomic E-state index is 15.1. The van der Waals surface area contributed by atoms with Crippen LogP contribution < -0.4 is 10.7 Å². The number of carbonyl (C=O) groups is 5. The van der Waals surface area contributed by atoms with Gasteiger partial charge in [-0.15, -0.1) is 23.1 Å². The predicted octanol–water partition coefficient (Wildman–Crippen LogP) is 6.39. The molecule has 1 unspecified atom stereocenters. The minimum atomic E-state index is -1.60. The highest BCUT2D eigenvalue weighted by Crippen LogP contribution is 2.57. The number of nitrogens with one attached hydrogen (secondary N) is 2. The largest absolute Gasteiger partial charge is 0.464 e. The minimum absolute atomic E-state index is 0.0230. The van der Waals surface area contributed by atoms with Crippen molar-refractivity contribution in [3.05, 3.63) is 70.8 Å². The van der Waals surface area contributed by atoms with E-state index in [1.54, 1.807) is 49.0 Å². The molecule has 6 bridgehead atoms. The molecule has 4 aromatic rings. The van der Waals surface area contributed by atoms with E-state index in [0.29, 0.717) is 37.5 Å². The number of pyridine rings is 1. The van der Waals surface area contributed by atoms with Crippen LogP contribution >= 0.6 is 45.7 Å². The first-order valence-electron chi connectivity index (χ1n) is 23.3. The standard InChI is InChI=1S/C49H60IN9O7S2/c1-10-36(60)55(7)34-22-57(24-48(34)26-68-48)46(64)56(8)40(27(3)4)43(61)53-49(50)21-35-52-32(23-67-35)28-16-17-33-30(20-28)37-38(42(65-9)39-29(14-12-18-51-39)41(37)58(33)11-2)47(5,6)25-66-44(62)31-15-13-19-59(54-31)45(49)63/h10,12,14,16-18,20,23,27,31,34,38,40,42,54H,1,11,13,15,19,21-22,24-26H2,2-9H3,(H,53,61)/t31-,34-,38?,40-,42-,48-,49+/m0/s1. The Bertz CT molecular complexity index is 2700. The van der Waals surface area contributed by atoms with Crippen molar-refractivity contribution in [2.24, 2.45) is 11.3 Å². The van der Waals surface area contributed by atoms with Gasteiger partial charge in [0, 0.05) is 104 Å². The first-order chi connectivity index (χ1) is 32.4. The van der Waals surface area contributed by atoms with Crippen molar-refractivity contribution in [3.8, 4) is 22.5 Å². The number of likely N-dealkylation sites (tertiary alicyclic amines) is 1. The number of likely N-dealkylation sites (N-methyl/N-ethyl adjacent to an activating group) is 2. The van der Waals surface area contributed by atoms with Gasteiger partial charge in [0.15, 0.2) is 3.55 Å². The molecule has 1 spiro atoms. The average molecular weight is 1080 g/mol. The highest BCUT2D eigenvalue weighted by molar-refractivity contribution is 14.1. The molecule has 3 saturated heterocycles. The van der Waals surface area contributed by atoms with E-state index >= 15 is 4.79 Å². The molecule has 4 aliphatic heterocycles. The Kier molecular flexibility index (Phi) is 13.0. The van der Waals surface area contributed by atoms with Crippen molar-refractivity contribution in [2.45, 2.75) is 98.9 Å². The second-order valence-corrected chi connectivity index (χ2v) is 23.9. The van der Waals surface area contributed by atoms with Crippen LogP contribution in [0.3, 0.4) is 0 Å². The van der Waals surface area contributed by atoms with Crippen molar-refractivity contribution in [3.63, 3.8) is 0 Å². The van der Waals surface area contributed by atoms with E-state index in [0.717, 1.165) is 50.4 Å². The molecule has 3 aromatic heterocycles. The summed E-state index contributed by atoms with van der Waals surface area (Å²) in [6.07, 6.45) is 3.61. The van der Waals surface area contributed by atoms with Crippen LogP contribution in [0.15, 0.2) is 54.6 Å². The lowest BCUT2D eigenvalue weighted by Gasteiger charge is -2.42. The fourth-order valence-electron chi connectivity index (χ4n) is 11.0. The van der Waals surface area contributed by atoms with E-state index in [1.807, 2.05) is 47.9 Å². The summed E-state index contributed by atoms with van der Waals surface area (Å²) in [7, 11) is 5.06. The number of amides is 5. The van der Waals surface area contributed by atoms with Gasteiger partial charge >= 0.3 is 12.0 Å². The van der Waals surface area contributed by atoms with E-state index in [4.69, 9.17) is 19.4 Å². The summed E-state index contributed by atoms with van der Waals surface area (Å²) in [6, 6.07) is 8.10. The lowest BCUT2D eigenvalue weighted by atomic mass is 9.67. The fourth-order valence-corrected chi connectivity index (χ4v) is 14.3. The number of hydrogen-bond donors (Lipinski definition) is 2. The van der Waals surface area contributed by atoms with E-state index in [-0.39, 0.29) is 54.1 Å². The summed E-state index contributed by atoms with van der Waals surface area (Å²) in [6.45, 7) is 15.5. The number of fused-ring (bicyclic) bond motifs is 8. The number of carbonyl (C=O) groups excluding carboxylic acids is 5. The van der Waals surface area contributed by atoms with Gasteiger partial charge < -0.3 is 34.1 Å². The molecular weight excluding hydrogens is 1020 g/mol. The van der Waals surface area contributed by atoms with Crippen LogP contribution in [0.5, 0.6) is 0 Å². The molecule has 5 aliphatic rings. The molecule has 7 heterocycles. The van der Waals surface area contributed by atoms with Gasteiger partial charge in [0.25, 0.3) is 5.91 Å². The second kappa shape index (κ2) is 18.3. The predicted molar refractivity (Wildman–Crippen MR) is 271 cm³/mol. The van der Waals surface area contributed by atoms with E-state index in [2.05, 4.69) is 66.9 Å². The number of methoxy groups -OCH3 is 1. The van der Waals surface area contributed by atoms with Crippen LogP contribution in [0, 0.1) is 11.3 Å². The number of thiazole rings is 1. The summed E-state index contributed by atoms with van der Waals surface area (Å²) in [4.78, 5) is 85.9. The van der Waals surface area contributed by atoms with Crippen molar-refractivity contribution in [1.82, 2.24) is 45.0 Å². The molecule has 1 aromatic carbocycles. The van der Waals surface area contributed by atoms with Crippen LogP contribution in [0.1, 0.15) is 75.7 Å². The zero-order valence-corrected chi connectivity index (χ0v) is 43.6. The topological polar surface area (TPSA) is 172 Å². The number of hydrazine groups is 1. The number of benzene rings is 1. The molecule has 3 fully saturated rings. The first kappa shape index (κ1) is 48.5. The molecule has 2 N–H and O–H groups in total. The number of urea groups is 1. The summed E-state index contributed by atoms with van der Waals surface area (Å²) in [5.41, 5.74) is 9.20. The Morgan fingerprint density at radius 3 is 2.65 bits per heavy atom. The quantitative estimate of drug-likeness (QED) is 0.0501. The number of cyclic esters (lactones) is 1. The molecule has 7 atom stereocenters. The summed E-state index contributed by atoms with van der Waals surface area (Å²) in [5.74, 6) is -1.46. The van der Waals surface area contributed by atoms with E-state index in [9.17, 15) is 19.2 Å². The van der Waals surface area contributed by atoms with Gasteiger partial charge in [0.2, 0.25) is 11.8 Å². The zero-order chi connectivity index (χ0) is 48.6. The molecule has 16 nitrogen and oxygen atoms in total. The Morgan fingerprint density at radius 2 is 1.96 bits per heavy atom. The highest BCUT2D eigenvalue weighted by atomic mass is 127. The molecule has 5 amide bonds. The zero-order valence-electron chi connectivity index (χ0n) is 39.8. The number of ether oxygens (including phenoxy) is 2. The van der Waals surface area contributed by atoms with Crippen LogP contribution in [0.25, 0.3) is 33.4 Å². The van der Waals surface area contributed by atoms with Gasteiger partial charge in [-0.05, 0) is 84.2 Å². The average Bonchev–Trinajstić information content (AvgIpc) is 3.61. The molecular formula is C49H60IN9O7S2. The van der Waals surface area contributed by atoms with Gasteiger partial charge in [-0.3, -0.25) is 29.2 Å². The van der Waals surface area contributed by atoms with Crippen molar-refractivity contribution >= 4 is 86.3 Å². The molecule has 68 heavy (non-hydrogen) atoms. The third-order valence-corrected chi connectivity index (χ3v) is 17.9. The summed E-state index contributed by atoms with van der Waals surface area (Å²) < 4.78 is 13.1. The molecule has 0 radical (unpaired) electrons. The number of aryl methyl sites for hydroxylation is 1. The third-order valence-electron chi connectivity index (χ3n) is 14.6. The van der Waals surface area contributed by atoms with Gasteiger partial charge in [-0.25, -0.2) is 15.2 Å². The molecule has 0 saturated carbocycles. The minimum Gasteiger partial charge on any atom is -0.464 e. The number of esters is 1. The first-order valence-corrected chi connectivity index (χ1v) is 26.2. The van der Waals surface area contributed by atoms with E-state index in [1.165, 1.54) is 27.3 Å². The molecule has 9 rings (SSSR count). The number of hydrogen-bond acceptors (Lipinski definition) is 12.